The minimum atomic E-state index is 0.367. The van der Waals surface area contributed by atoms with Gasteiger partial charge in [0.25, 0.3) is 0 Å². The Morgan fingerprint density at radius 2 is 1.82 bits per heavy atom. The minimum Gasteiger partial charge on any atom is -0.305 e. The van der Waals surface area contributed by atoms with Crippen LogP contribution in [0, 0.1) is 13.8 Å². The Hall–Kier alpha value is -1.12. The van der Waals surface area contributed by atoms with E-state index in [4.69, 9.17) is 0 Å². The smallest absolute Gasteiger partial charge is 0.0544 e. The summed E-state index contributed by atoms with van der Waals surface area (Å²) >= 11 is 0. The molecule has 1 aliphatic carbocycles. The maximum atomic E-state index is 3.67. The number of nitrogens with one attached hydrogen (secondary N) is 2. The molecule has 2 N–H and O–H groups in total. The molecule has 0 heterocycles. The fraction of sp³-hybridized carbons (Fsp3) is 0.600. The van der Waals surface area contributed by atoms with Gasteiger partial charge in [0.05, 0.1) is 6.17 Å². The summed E-state index contributed by atoms with van der Waals surface area (Å²) in [6.07, 6.45) is 5.41. The number of hydrogen-bond donors (Lipinski definition) is 2. The Morgan fingerprint density at radius 3 is 2.36 bits per heavy atom. The van der Waals surface area contributed by atoms with Gasteiger partial charge in [-0.05, 0) is 63.8 Å². The van der Waals surface area contributed by atoms with Crippen LogP contribution in [0.2, 0.25) is 0 Å². The van der Waals surface area contributed by atoms with Crippen LogP contribution in [0.3, 0.4) is 0 Å². The topological polar surface area (TPSA) is 24.1 Å². The summed E-state index contributed by atoms with van der Waals surface area (Å²) in [6.45, 7) is 16.9. The van der Waals surface area contributed by atoms with Crippen molar-refractivity contribution < 1.29 is 0 Å². The summed E-state index contributed by atoms with van der Waals surface area (Å²) in [4.78, 5) is 0. The zero-order chi connectivity index (χ0) is 17.1. The second-order valence-corrected chi connectivity index (χ2v) is 5.98. The summed E-state index contributed by atoms with van der Waals surface area (Å²) in [6, 6.07) is 5.18. The monoisotopic (exact) mass is 304 g/mol. The molecule has 1 aliphatic rings. The maximum Gasteiger partial charge on any atom is 0.0544 e. The molecule has 2 rings (SSSR count). The lowest BCUT2D eigenvalue weighted by Crippen LogP contribution is -2.40. The molecular weight excluding hydrogens is 268 g/mol. The molecule has 0 saturated heterocycles. The average Bonchev–Trinajstić information content (AvgIpc) is 2.50. The van der Waals surface area contributed by atoms with E-state index in [1.165, 1.54) is 42.4 Å². The van der Waals surface area contributed by atoms with Crippen molar-refractivity contribution in [2.24, 2.45) is 0 Å². The van der Waals surface area contributed by atoms with Crippen molar-refractivity contribution in [3.05, 3.63) is 47.5 Å². The molecule has 22 heavy (non-hydrogen) atoms. The molecule has 0 radical (unpaired) electrons. The van der Waals surface area contributed by atoms with Crippen molar-refractivity contribution in [3.8, 4) is 0 Å². The van der Waals surface area contributed by atoms with Crippen LogP contribution >= 0.6 is 0 Å². The normalized spacial score (nSPS) is 17.3. The molecule has 2 heteroatoms. The largest absolute Gasteiger partial charge is 0.305 e. The molecule has 2 nitrogen and oxygen atoms in total. The molecule has 1 aromatic rings. The Bertz CT molecular complexity index is 426. The SMILES string of the molecule is C=C.CCC.CNC(C)NC1CCCc2c(C)cc(C)cc21. The highest BCUT2D eigenvalue weighted by atomic mass is 15.1. The van der Waals surface area contributed by atoms with Crippen molar-refractivity contribution in [3.63, 3.8) is 0 Å². The first-order chi connectivity index (χ1) is 10.5. The lowest BCUT2D eigenvalue weighted by atomic mass is 9.84. The zero-order valence-corrected chi connectivity index (χ0v) is 15.6. The molecule has 0 bridgehead atoms. The third kappa shape index (κ3) is 6.33. The summed E-state index contributed by atoms with van der Waals surface area (Å²) in [5.41, 5.74) is 5.94. The van der Waals surface area contributed by atoms with Crippen LogP contribution in [0.25, 0.3) is 0 Å². The Morgan fingerprint density at radius 1 is 1.23 bits per heavy atom. The fourth-order valence-corrected chi connectivity index (χ4v) is 2.88. The third-order valence-electron chi connectivity index (χ3n) is 3.83. The number of fused-ring (bicyclic) bond motifs is 1. The van der Waals surface area contributed by atoms with Gasteiger partial charge in [-0.2, -0.15) is 0 Å². The number of aryl methyl sites for hydroxylation is 2. The van der Waals surface area contributed by atoms with E-state index in [2.05, 4.69) is 70.5 Å². The van der Waals surface area contributed by atoms with Gasteiger partial charge >= 0.3 is 0 Å². The van der Waals surface area contributed by atoms with Crippen LogP contribution < -0.4 is 10.6 Å². The van der Waals surface area contributed by atoms with Gasteiger partial charge in [-0.15, -0.1) is 13.2 Å². The molecule has 0 fully saturated rings. The van der Waals surface area contributed by atoms with E-state index in [0.29, 0.717) is 12.2 Å². The second kappa shape index (κ2) is 11.4. The van der Waals surface area contributed by atoms with Crippen LogP contribution in [0.4, 0.5) is 0 Å². The van der Waals surface area contributed by atoms with Gasteiger partial charge < -0.3 is 5.32 Å². The van der Waals surface area contributed by atoms with Crippen molar-refractivity contribution >= 4 is 0 Å². The van der Waals surface area contributed by atoms with Gasteiger partial charge in [-0.1, -0.05) is 38.0 Å². The number of rotatable bonds is 3. The molecular formula is C20H36N2. The predicted octanol–water partition coefficient (Wildman–Crippen LogP) is 5.05. The van der Waals surface area contributed by atoms with Crippen molar-refractivity contribution in [2.75, 3.05) is 7.05 Å². The van der Waals surface area contributed by atoms with E-state index in [0.717, 1.165) is 0 Å². The van der Waals surface area contributed by atoms with E-state index in [1.807, 2.05) is 7.05 Å². The standard InChI is InChI=1S/C15H24N2.C3H8.C2H4/c1-10-8-11(2)13-6-5-7-15(14(13)9-10)17-12(3)16-4;1-3-2;1-2/h8-9,12,15-17H,5-7H2,1-4H3;3H2,1-2H3;1-2H2. The molecule has 0 amide bonds. The van der Waals surface area contributed by atoms with Crippen molar-refractivity contribution in [1.82, 2.24) is 10.6 Å². The van der Waals surface area contributed by atoms with Gasteiger partial charge in [0.15, 0.2) is 0 Å². The van der Waals surface area contributed by atoms with E-state index < -0.39 is 0 Å². The Kier molecular flexibility index (Phi) is 10.9. The molecule has 0 spiro atoms. The predicted molar refractivity (Wildman–Crippen MR) is 100 cm³/mol. The molecule has 2 unspecified atom stereocenters. The molecule has 126 valence electrons. The van der Waals surface area contributed by atoms with Crippen LogP contribution in [0.15, 0.2) is 25.3 Å². The van der Waals surface area contributed by atoms with Gasteiger partial charge in [-0.25, -0.2) is 0 Å². The number of hydrogen-bond acceptors (Lipinski definition) is 2. The third-order valence-corrected chi connectivity index (χ3v) is 3.83. The first-order valence-corrected chi connectivity index (χ1v) is 8.56. The van der Waals surface area contributed by atoms with Crippen molar-refractivity contribution in [1.29, 1.82) is 0 Å². The maximum absolute atomic E-state index is 3.67. The summed E-state index contributed by atoms with van der Waals surface area (Å²) in [5, 5.41) is 6.93. The quantitative estimate of drug-likeness (QED) is 0.603. The fourth-order valence-electron chi connectivity index (χ4n) is 2.88. The van der Waals surface area contributed by atoms with E-state index in [1.54, 1.807) is 5.56 Å². The Labute approximate surface area is 138 Å². The van der Waals surface area contributed by atoms with Gasteiger partial charge in [0.1, 0.15) is 0 Å². The van der Waals surface area contributed by atoms with Crippen LogP contribution in [-0.4, -0.2) is 13.2 Å². The van der Waals surface area contributed by atoms with E-state index in [-0.39, 0.29) is 0 Å². The minimum absolute atomic E-state index is 0.367. The highest BCUT2D eigenvalue weighted by Gasteiger charge is 2.22. The molecule has 0 saturated carbocycles. The summed E-state index contributed by atoms with van der Waals surface area (Å²) < 4.78 is 0. The zero-order valence-electron chi connectivity index (χ0n) is 15.6. The lowest BCUT2D eigenvalue weighted by Gasteiger charge is -2.30. The van der Waals surface area contributed by atoms with E-state index in [9.17, 15) is 0 Å². The highest BCUT2D eigenvalue weighted by molar-refractivity contribution is 5.41. The first kappa shape index (κ1) is 20.9. The van der Waals surface area contributed by atoms with Crippen LogP contribution in [0.5, 0.6) is 0 Å². The summed E-state index contributed by atoms with van der Waals surface area (Å²) in [7, 11) is 2.00. The number of benzene rings is 1. The second-order valence-electron chi connectivity index (χ2n) is 5.98. The first-order valence-electron chi connectivity index (χ1n) is 8.56. The highest BCUT2D eigenvalue weighted by Crippen LogP contribution is 2.32. The van der Waals surface area contributed by atoms with Crippen LogP contribution in [0.1, 0.15) is 68.3 Å². The van der Waals surface area contributed by atoms with Gasteiger partial charge in [0, 0.05) is 6.04 Å². The molecule has 0 aromatic heterocycles. The summed E-state index contributed by atoms with van der Waals surface area (Å²) in [5.74, 6) is 0. The Balaban J connectivity index is 0.000000789. The average molecular weight is 305 g/mol. The molecule has 1 aromatic carbocycles. The molecule has 0 aliphatic heterocycles. The van der Waals surface area contributed by atoms with Gasteiger partial charge in [0.2, 0.25) is 0 Å². The van der Waals surface area contributed by atoms with Gasteiger partial charge in [-0.3, -0.25) is 5.32 Å². The lowest BCUT2D eigenvalue weighted by molar-refractivity contribution is 0.381. The molecule has 2 atom stereocenters. The van der Waals surface area contributed by atoms with Crippen LogP contribution in [-0.2, 0) is 6.42 Å². The van der Waals surface area contributed by atoms with Crippen molar-refractivity contribution in [2.45, 2.75) is 72.5 Å². The van der Waals surface area contributed by atoms with E-state index >= 15 is 0 Å².